The van der Waals surface area contributed by atoms with Crippen LogP contribution in [-0.4, -0.2) is 22.6 Å². The van der Waals surface area contributed by atoms with Crippen molar-refractivity contribution in [2.75, 3.05) is 11.5 Å². The van der Waals surface area contributed by atoms with E-state index in [2.05, 4.69) is 6.92 Å². The molecule has 0 aliphatic rings. The van der Waals surface area contributed by atoms with Crippen molar-refractivity contribution in [2.45, 2.75) is 36.5 Å². The maximum absolute atomic E-state index is 11.3. The predicted molar refractivity (Wildman–Crippen MR) is 75.4 cm³/mol. The van der Waals surface area contributed by atoms with Crippen molar-refractivity contribution >= 4 is 29.5 Å². The summed E-state index contributed by atoms with van der Waals surface area (Å²) in [5, 5.41) is 9.30. The SMILES string of the molecule is CCCCSc1cccc(SCC)c1C(=O)O. The van der Waals surface area contributed by atoms with E-state index in [-0.39, 0.29) is 0 Å². The van der Waals surface area contributed by atoms with E-state index in [1.807, 2.05) is 25.1 Å². The highest BCUT2D eigenvalue weighted by Gasteiger charge is 2.15. The smallest absolute Gasteiger partial charge is 0.337 e. The number of benzene rings is 1. The zero-order valence-electron chi connectivity index (χ0n) is 10.2. The van der Waals surface area contributed by atoms with Crippen molar-refractivity contribution in [3.63, 3.8) is 0 Å². The highest BCUT2D eigenvalue weighted by Crippen LogP contribution is 2.31. The van der Waals surface area contributed by atoms with Crippen molar-refractivity contribution in [3.05, 3.63) is 23.8 Å². The van der Waals surface area contributed by atoms with Gasteiger partial charge in [0.05, 0.1) is 5.56 Å². The number of hydrogen-bond acceptors (Lipinski definition) is 3. The number of thioether (sulfide) groups is 2. The second-order valence-corrected chi connectivity index (χ2v) is 6.01. The minimum atomic E-state index is -0.819. The molecular weight excluding hydrogens is 252 g/mol. The van der Waals surface area contributed by atoms with Crippen molar-refractivity contribution < 1.29 is 9.90 Å². The molecule has 1 rings (SSSR count). The Morgan fingerprint density at radius 3 is 2.41 bits per heavy atom. The van der Waals surface area contributed by atoms with Gasteiger partial charge >= 0.3 is 5.97 Å². The molecule has 0 saturated carbocycles. The average Bonchev–Trinajstić information content (AvgIpc) is 2.29. The maximum Gasteiger partial charge on any atom is 0.337 e. The summed E-state index contributed by atoms with van der Waals surface area (Å²) in [5.41, 5.74) is 0.473. The van der Waals surface area contributed by atoms with Crippen molar-refractivity contribution in [3.8, 4) is 0 Å². The molecule has 0 atom stereocenters. The van der Waals surface area contributed by atoms with Crippen LogP contribution in [0.4, 0.5) is 0 Å². The quantitative estimate of drug-likeness (QED) is 0.589. The molecule has 1 aromatic rings. The van der Waals surface area contributed by atoms with Gasteiger partial charge in [-0.3, -0.25) is 0 Å². The number of carboxylic acids is 1. The Kier molecular flexibility index (Phi) is 6.52. The van der Waals surface area contributed by atoms with Crippen LogP contribution in [0.15, 0.2) is 28.0 Å². The van der Waals surface area contributed by atoms with Gasteiger partial charge in [0.2, 0.25) is 0 Å². The normalized spacial score (nSPS) is 10.5. The largest absolute Gasteiger partial charge is 0.478 e. The van der Waals surface area contributed by atoms with E-state index in [0.29, 0.717) is 5.56 Å². The lowest BCUT2D eigenvalue weighted by Crippen LogP contribution is -2.02. The summed E-state index contributed by atoms with van der Waals surface area (Å²) < 4.78 is 0. The van der Waals surface area contributed by atoms with Crippen LogP contribution in [-0.2, 0) is 0 Å². The van der Waals surface area contributed by atoms with Crippen molar-refractivity contribution in [2.24, 2.45) is 0 Å². The van der Waals surface area contributed by atoms with Crippen LogP contribution in [0.25, 0.3) is 0 Å². The third-order valence-corrected chi connectivity index (χ3v) is 4.34. The number of carboxylic acid groups (broad SMARTS) is 1. The number of hydrogen-bond donors (Lipinski definition) is 1. The van der Waals surface area contributed by atoms with Crippen molar-refractivity contribution in [1.82, 2.24) is 0 Å². The Morgan fingerprint density at radius 2 is 1.88 bits per heavy atom. The van der Waals surface area contributed by atoms with Crippen molar-refractivity contribution in [1.29, 1.82) is 0 Å². The fraction of sp³-hybridized carbons (Fsp3) is 0.462. The maximum atomic E-state index is 11.3. The molecule has 0 aliphatic heterocycles. The third-order valence-electron chi connectivity index (χ3n) is 2.26. The van der Waals surface area contributed by atoms with Gasteiger partial charge in [0.25, 0.3) is 0 Å². The summed E-state index contributed by atoms with van der Waals surface area (Å²) in [6, 6.07) is 5.74. The fourth-order valence-electron chi connectivity index (χ4n) is 1.44. The van der Waals surface area contributed by atoms with E-state index in [1.54, 1.807) is 23.5 Å². The minimum absolute atomic E-state index is 0.473. The number of rotatable bonds is 7. The second-order valence-electron chi connectivity index (χ2n) is 3.57. The summed E-state index contributed by atoms with van der Waals surface area (Å²) in [6.45, 7) is 4.18. The molecule has 0 bridgehead atoms. The highest BCUT2D eigenvalue weighted by atomic mass is 32.2. The molecule has 17 heavy (non-hydrogen) atoms. The molecule has 0 unspecified atom stereocenters. The summed E-state index contributed by atoms with van der Waals surface area (Å²) in [6.07, 6.45) is 2.26. The van der Waals surface area contributed by atoms with Crippen LogP contribution in [0.3, 0.4) is 0 Å². The summed E-state index contributed by atoms with van der Waals surface area (Å²) in [5.74, 6) is 1.06. The molecule has 0 heterocycles. The average molecular weight is 270 g/mol. The van der Waals surface area contributed by atoms with Crippen LogP contribution in [0.1, 0.15) is 37.0 Å². The van der Waals surface area contributed by atoms with Gasteiger partial charge in [-0.05, 0) is 30.1 Å². The first-order valence-corrected chi connectivity index (χ1v) is 7.79. The molecule has 0 fully saturated rings. The Labute approximate surface area is 111 Å². The van der Waals surface area contributed by atoms with Gasteiger partial charge in [-0.25, -0.2) is 4.79 Å². The predicted octanol–water partition coefficient (Wildman–Crippen LogP) is 4.39. The van der Waals surface area contributed by atoms with E-state index < -0.39 is 5.97 Å². The molecule has 2 nitrogen and oxygen atoms in total. The third kappa shape index (κ3) is 4.28. The topological polar surface area (TPSA) is 37.3 Å². The van der Waals surface area contributed by atoms with E-state index in [9.17, 15) is 9.90 Å². The zero-order chi connectivity index (χ0) is 12.7. The molecule has 0 aromatic heterocycles. The van der Waals surface area contributed by atoms with E-state index >= 15 is 0 Å². The molecule has 0 aliphatic carbocycles. The van der Waals surface area contributed by atoms with Crippen LogP contribution < -0.4 is 0 Å². The molecule has 4 heteroatoms. The first-order chi connectivity index (χ1) is 8.20. The Hall–Kier alpha value is -0.610. The molecule has 0 spiro atoms. The van der Waals surface area contributed by atoms with Gasteiger partial charge in [-0.2, -0.15) is 0 Å². The van der Waals surface area contributed by atoms with Gasteiger partial charge in [0.1, 0.15) is 0 Å². The lowest BCUT2D eigenvalue weighted by atomic mass is 10.2. The fourth-order valence-corrected chi connectivity index (χ4v) is 3.51. The summed E-state index contributed by atoms with van der Waals surface area (Å²) >= 11 is 3.24. The molecule has 1 aromatic carbocycles. The first-order valence-electron chi connectivity index (χ1n) is 5.82. The number of unbranched alkanes of at least 4 members (excludes halogenated alkanes) is 1. The number of carbonyl (C=O) groups is 1. The number of aromatic carboxylic acids is 1. The van der Waals surface area contributed by atoms with Gasteiger partial charge in [0, 0.05) is 9.79 Å². The molecule has 0 amide bonds. The Morgan fingerprint density at radius 1 is 1.24 bits per heavy atom. The van der Waals surface area contributed by atoms with Crippen LogP contribution >= 0.6 is 23.5 Å². The van der Waals surface area contributed by atoms with Crippen LogP contribution in [0.5, 0.6) is 0 Å². The Balaban J connectivity index is 2.94. The van der Waals surface area contributed by atoms with E-state index in [0.717, 1.165) is 34.1 Å². The zero-order valence-corrected chi connectivity index (χ0v) is 11.9. The Bertz CT molecular complexity index is 378. The molecule has 0 radical (unpaired) electrons. The van der Waals surface area contributed by atoms with Gasteiger partial charge in [-0.15, -0.1) is 23.5 Å². The van der Waals surface area contributed by atoms with E-state index in [1.165, 1.54) is 0 Å². The lowest BCUT2D eigenvalue weighted by molar-refractivity contribution is 0.0689. The van der Waals surface area contributed by atoms with Gasteiger partial charge < -0.3 is 5.11 Å². The highest BCUT2D eigenvalue weighted by molar-refractivity contribution is 8.00. The van der Waals surface area contributed by atoms with Gasteiger partial charge in [-0.1, -0.05) is 26.3 Å². The van der Waals surface area contributed by atoms with Crippen LogP contribution in [0.2, 0.25) is 0 Å². The minimum Gasteiger partial charge on any atom is -0.478 e. The standard InChI is InChI=1S/C13H18O2S2/c1-3-5-9-17-11-8-6-7-10(16-4-2)12(11)13(14)15/h6-8H,3-5,9H2,1-2H3,(H,14,15). The first kappa shape index (κ1) is 14.5. The van der Waals surface area contributed by atoms with Gasteiger partial charge in [0.15, 0.2) is 0 Å². The molecular formula is C13H18O2S2. The molecule has 0 saturated heterocycles. The monoisotopic (exact) mass is 270 g/mol. The second kappa shape index (κ2) is 7.67. The van der Waals surface area contributed by atoms with E-state index in [4.69, 9.17) is 0 Å². The summed E-state index contributed by atoms with van der Waals surface area (Å²) in [7, 11) is 0. The summed E-state index contributed by atoms with van der Waals surface area (Å²) in [4.78, 5) is 13.1. The lowest BCUT2D eigenvalue weighted by Gasteiger charge is -2.09. The van der Waals surface area contributed by atoms with Crippen LogP contribution in [0, 0.1) is 0 Å². The molecule has 94 valence electrons. The molecule has 1 N–H and O–H groups in total.